The van der Waals surface area contributed by atoms with Gasteiger partial charge in [0.15, 0.2) is 17.2 Å². The van der Waals surface area contributed by atoms with Crippen LogP contribution < -0.4 is 48.5 Å². The molecule has 0 spiro atoms. The average Bonchev–Trinajstić information content (AvgIpc) is 1.77. The molecule has 0 saturated carbocycles. The molecule has 0 saturated heterocycles. The highest BCUT2D eigenvalue weighted by Crippen LogP contribution is 2.44. The number of nitrogens with two attached hydrogens (primary N) is 1. The van der Waals surface area contributed by atoms with Gasteiger partial charge >= 0.3 is 17.9 Å². The highest BCUT2D eigenvalue weighted by molar-refractivity contribution is 6.20. The van der Waals surface area contributed by atoms with Crippen LogP contribution in [0.3, 0.4) is 0 Å². The second-order valence-electron chi connectivity index (χ2n) is 30.7. The lowest BCUT2D eigenvalue weighted by molar-refractivity contribution is -0.911. The smallest absolute Gasteiger partial charge is 0.349 e. The zero-order valence-corrected chi connectivity index (χ0v) is 73.3. The molecule has 25 nitrogen and oxygen atoms in total. The number of hydroxylamine groups is 2. The molecule has 3 atom stereocenters. The number of carbonyl (C=O) groups is 5. The van der Waals surface area contributed by atoms with Gasteiger partial charge in [-0.2, -0.15) is 0 Å². The Labute approximate surface area is 778 Å². The van der Waals surface area contributed by atoms with E-state index in [-0.39, 0.29) is 62.7 Å². The number of hydrogen-bond acceptors (Lipinski definition) is 21. The van der Waals surface area contributed by atoms with E-state index in [1.165, 1.54) is 56.0 Å². The summed E-state index contributed by atoms with van der Waals surface area (Å²) in [5.41, 5.74) is 10.2. The van der Waals surface area contributed by atoms with Gasteiger partial charge in [0, 0.05) is 14.2 Å². The van der Waals surface area contributed by atoms with Gasteiger partial charge in [0.25, 0.3) is 59.7 Å². The van der Waals surface area contributed by atoms with Crippen LogP contribution in [-0.4, -0.2) is 76.8 Å². The van der Waals surface area contributed by atoms with E-state index in [9.17, 15) is 44.7 Å². The minimum absolute atomic E-state index is 0.0115. The molecule has 1 aliphatic rings. The van der Waals surface area contributed by atoms with E-state index in [2.05, 4.69) is 0 Å². The maximum Gasteiger partial charge on any atom is 0.349 e. The predicted molar refractivity (Wildman–Crippen MR) is 493 cm³/mol. The Balaban J connectivity index is 0.000000156. The summed E-state index contributed by atoms with van der Waals surface area (Å²) in [5, 5.41) is 44.6. The van der Waals surface area contributed by atoms with Crippen LogP contribution in [0.4, 0.5) is 0 Å². The minimum Gasteiger partial charge on any atom is -0.477 e. The molecule has 6 N–H and O–H groups in total. The van der Waals surface area contributed by atoms with E-state index in [4.69, 9.17) is 58.2 Å². The molecule has 4 heterocycles. The summed E-state index contributed by atoms with van der Waals surface area (Å²) < 4.78 is 56.7. The Hall–Kier alpha value is -17.1. The van der Waals surface area contributed by atoms with Crippen molar-refractivity contribution >= 4 is 29.7 Å². The molecule has 0 aliphatic carbocycles. The molecule has 3 aromatic heterocycles. The Bertz CT molecular complexity index is 6340. The van der Waals surface area contributed by atoms with Crippen molar-refractivity contribution < 1.29 is 111 Å². The lowest BCUT2D eigenvalue weighted by Crippen LogP contribution is -2.43. The number of pyridine rings is 3. The zero-order chi connectivity index (χ0) is 93.9. The number of aliphatic hydroxyl groups is 1. The molecule has 0 bridgehead atoms. The molecular formula is C110H94N5O20+3. The second kappa shape index (κ2) is 45.0. The normalized spacial score (nSPS) is 12.2. The summed E-state index contributed by atoms with van der Waals surface area (Å²) in [6.45, 7) is 0. The number of fused-ring (bicyclic) bond motifs is 1. The van der Waals surface area contributed by atoms with Crippen molar-refractivity contribution in [3.05, 3.63) is 520 Å². The third-order valence-corrected chi connectivity index (χ3v) is 22.0. The van der Waals surface area contributed by atoms with Crippen LogP contribution in [0.2, 0.25) is 0 Å². The number of nitrogens with zero attached hydrogens (tertiary/aromatic N) is 4. The Kier molecular flexibility index (Phi) is 30.8. The standard InChI is InChI=1S/C42H33N2O8.C34H31N2O6.C34H30NO6/c1-49-42(47)39(52-44-40(45)32-24-14-15-25-33(32)41(44)46)34-26-35(50-37(28-16-6-2-7-17-28)29-18-8-3-9-19-29)36(27-43(34)48)51-38(30-20-10-4-11-21-30)31-22-12-5-13-23-31;1-39-34(37)33(42-35)28-22-29(40-31(24-14-6-2-7-15-24)25-16-8-3-9-17-25)30(23-36(28)38)41-32(26-18-10-4-11-19-26)27-20-12-5-13-21-27;1-39-34(37)31(36)28-22-29(40-32(24-14-6-2-7-15-24)25-16-8-3-9-17-25)30(23-35(28)38)41-33(26-18-10-4-11-19-26)27-20-12-5-13-21-27/h2-27,37-39,48H,1H3;2-23,31-33,38H,35H2,1H3;2-23,31-33,36,38H,1H3/q3*+1. The maximum absolute atomic E-state index is 13.4. The first-order valence-electron chi connectivity index (χ1n) is 42.9. The Morgan fingerprint density at radius 3 is 0.667 bits per heavy atom. The van der Waals surface area contributed by atoms with Crippen LogP contribution in [0.1, 0.15) is 159 Å². The highest BCUT2D eigenvalue weighted by atomic mass is 16.7. The summed E-state index contributed by atoms with van der Waals surface area (Å²) in [5.74, 6) is 2.31. The first-order chi connectivity index (χ1) is 66.1. The third kappa shape index (κ3) is 22.5. The van der Waals surface area contributed by atoms with Crippen molar-refractivity contribution in [3.63, 3.8) is 0 Å². The molecule has 3 unspecified atom stereocenters. The first-order valence-corrected chi connectivity index (χ1v) is 42.9. The van der Waals surface area contributed by atoms with Crippen molar-refractivity contribution in [3.8, 4) is 34.5 Å². The van der Waals surface area contributed by atoms with Crippen LogP contribution >= 0.6 is 0 Å². The second-order valence-corrected chi connectivity index (χ2v) is 30.7. The topological polar surface area (TPSA) is 309 Å². The lowest BCUT2D eigenvalue weighted by Gasteiger charge is -2.25. The van der Waals surface area contributed by atoms with E-state index in [1.807, 2.05) is 364 Å². The molecule has 0 radical (unpaired) electrons. The molecule has 17 rings (SSSR count). The molecule has 0 fully saturated rings. The van der Waals surface area contributed by atoms with Crippen LogP contribution in [0.25, 0.3) is 0 Å². The number of aliphatic hydroxyl groups excluding tert-OH is 1. The average molecular weight is 1810 g/mol. The van der Waals surface area contributed by atoms with Crippen LogP contribution in [0.15, 0.2) is 425 Å². The number of esters is 3. The van der Waals surface area contributed by atoms with E-state index in [1.54, 1.807) is 12.1 Å². The van der Waals surface area contributed by atoms with Gasteiger partial charge in [-0.25, -0.2) is 25.1 Å². The number of hydrogen-bond donors (Lipinski definition) is 5. The van der Waals surface area contributed by atoms with E-state index >= 15 is 0 Å². The zero-order valence-electron chi connectivity index (χ0n) is 73.3. The Morgan fingerprint density at radius 2 is 0.452 bits per heavy atom. The SMILES string of the molecule is COC(=O)C(O)c1cc(OC(c2ccccc2)c2ccccc2)c(OC(c2ccccc2)c2ccccc2)c[n+]1O.COC(=O)C(ON)c1cc(OC(c2ccccc2)c2ccccc2)c(OC(c2ccccc2)c2ccccc2)c[n+]1O.COC(=O)C(ON1C(=O)c2ccccc2C1=O)c1cc(OC(c2ccccc2)c2ccccc2)c(OC(c2ccccc2)c2ccccc2)c[n+]1O. The number of amides is 2. The highest BCUT2D eigenvalue weighted by Gasteiger charge is 2.45. The molecule has 16 aromatic rings. The van der Waals surface area contributed by atoms with Gasteiger partial charge < -0.3 is 47.7 Å². The van der Waals surface area contributed by atoms with E-state index in [0.29, 0.717) is 14.5 Å². The fourth-order valence-electron chi connectivity index (χ4n) is 15.2. The maximum atomic E-state index is 13.4. The summed E-state index contributed by atoms with van der Waals surface area (Å²) in [6.07, 6.45) is -4.66. The molecule has 13 aromatic carbocycles. The van der Waals surface area contributed by atoms with Crippen molar-refractivity contribution in [2.24, 2.45) is 5.90 Å². The summed E-state index contributed by atoms with van der Waals surface area (Å²) in [7, 11) is 3.49. The molecule has 1 aliphatic heterocycles. The van der Waals surface area contributed by atoms with Crippen molar-refractivity contribution in [2.45, 2.75) is 54.9 Å². The van der Waals surface area contributed by atoms with Crippen LogP contribution in [-0.2, 0) is 38.3 Å². The van der Waals surface area contributed by atoms with Crippen molar-refractivity contribution in [2.75, 3.05) is 21.3 Å². The summed E-state index contributed by atoms with van der Waals surface area (Å²) in [4.78, 5) is 75.3. The molecule has 2 amide bonds. The van der Waals surface area contributed by atoms with Gasteiger partial charge in [0.1, 0.15) is 36.6 Å². The predicted octanol–water partition coefficient (Wildman–Crippen LogP) is 18.4. The number of carbonyl (C=O) groups excluding carboxylic acids is 5. The monoisotopic (exact) mass is 1800 g/mol. The number of aromatic nitrogens is 3. The third-order valence-electron chi connectivity index (χ3n) is 22.0. The number of imide groups is 1. The van der Waals surface area contributed by atoms with Crippen LogP contribution in [0, 0.1) is 0 Å². The molecule has 25 heteroatoms. The van der Waals surface area contributed by atoms with Gasteiger partial charge in [0.2, 0.25) is 23.4 Å². The fourth-order valence-corrected chi connectivity index (χ4v) is 15.2. The fraction of sp³-hybridized carbons (Fsp3) is 0.109. The van der Waals surface area contributed by atoms with Gasteiger partial charge in [-0.05, 0) is 78.9 Å². The number of ether oxygens (including phenoxy) is 9. The van der Waals surface area contributed by atoms with Crippen LogP contribution in [0.5, 0.6) is 34.5 Å². The van der Waals surface area contributed by atoms with E-state index in [0.717, 1.165) is 85.7 Å². The minimum atomic E-state index is -1.79. The van der Waals surface area contributed by atoms with Gasteiger partial charge in [0.05, 0.1) is 50.7 Å². The number of methoxy groups -OCH3 is 3. The largest absolute Gasteiger partial charge is 0.477 e. The van der Waals surface area contributed by atoms with Crippen molar-refractivity contribution in [1.82, 2.24) is 5.06 Å². The van der Waals surface area contributed by atoms with E-state index < -0.39 is 84.7 Å². The molecular weight excluding hydrogens is 1710 g/mol. The number of rotatable bonds is 33. The summed E-state index contributed by atoms with van der Waals surface area (Å²) in [6, 6.07) is 126. The van der Waals surface area contributed by atoms with Gasteiger partial charge in [-0.15, -0.1) is 5.06 Å². The van der Waals surface area contributed by atoms with Gasteiger partial charge in [-0.1, -0.05) is 376 Å². The van der Waals surface area contributed by atoms with Gasteiger partial charge in [-0.3, -0.25) is 30.0 Å². The quantitative estimate of drug-likeness (QED) is 0.00637. The Morgan fingerprint density at radius 1 is 0.267 bits per heavy atom. The number of benzene rings is 13. The molecule has 135 heavy (non-hydrogen) atoms. The van der Waals surface area contributed by atoms with Crippen molar-refractivity contribution in [1.29, 1.82) is 0 Å². The first kappa shape index (κ1) is 92.6. The lowest BCUT2D eigenvalue weighted by atomic mass is 10.0. The summed E-state index contributed by atoms with van der Waals surface area (Å²) >= 11 is 0. The molecule has 676 valence electrons.